The Bertz CT molecular complexity index is 240. The third-order valence-electron chi connectivity index (χ3n) is 5.99. The Morgan fingerprint density at radius 2 is 0.737 bits per heavy atom. The van der Waals surface area contributed by atoms with E-state index in [1.807, 2.05) is 0 Å². The molecular formula is C18H34P+. The van der Waals surface area contributed by atoms with E-state index < -0.39 is 7.87 Å². The van der Waals surface area contributed by atoms with E-state index >= 15 is 0 Å². The van der Waals surface area contributed by atoms with Crippen molar-refractivity contribution < 1.29 is 0 Å². The topological polar surface area (TPSA) is 0 Å². The van der Waals surface area contributed by atoms with Gasteiger partial charge in [0, 0.05) is 7.87 Å². The van der Waals surface area contributed by atoms with Crippen molar-refractivity contribution in [2.75, 3.05) is 0 Å². The number of hydrogen-bond donors (Lipinski definition) is 0. The highest BCUT2D eigenvalue weighted by molar-refractivity contribution is 7.59. The van der Waals surface area contributed by atoms with Crippen LogP contribution in [0.2, 0.25) is 0 Å². The lowest BCUT2D eigenvalue weighted by Gasteiger charge is -2.38. The SMILES string of the molecule is [2H][P+](C1CCCCC1)(C1CCCCC1)C1CCCCC1. The van der Waals surface area contributed by atoms with Gasteiger partial charge in [-0.05, 0) is 77.0 Å². The van der Waals surface area contributed by atoms with Crippen LogP contribution in [0.4, 0.5) is 0 Å². The second kappa shape index (κ2) is 7.44. The molecule has 110 valence electrons. The lowest BCUT2D eigenvalue weighted by atomic mass is 9.99. The summed E-state index contributed by atoms with van der Waals surface area (Å²) in [4.78, 5) is 0. The molecule has 0 unspecified atom stereocenters. The van der Waals surface area contributed by atoms with E-state index in [0.717, 1.165) is 17.0 Å². The van der Waals surface area contributed by atoms with E-state index in [-0.39, 0.29) is 0 Å². The van der Waals surface area contributed by atoms with Gasteiger partial charge in [0.2, 0.25) is 0 Å². The second-order valence-electron chi connectivity index (χ2n) is 7.32. The summed E-state index contributed by atoms with van der Waals surface area (Å²) < 4.78 is 9.72. The summed E-state index contributed by atoms with van der Waals surface area (Å²) in [5.74, 6) is 0. The first kappa shape index (κ1) is 13.1. The van der Waals surface area contributed by atoms with Gasteiger partial charge < -0.3 is 0 Å². The molecule has 3 aliphatic rings. The largest absolute Gasteiger partial charge is 0.269 e. The van der Waals surface area contributed by atoms with Gasteiger partial charge in [-0.1, -0.05) is 19.3 Å². The Hall–Kier alpha value is 0.430. The monoisotopic (exact) mass is 282 g/mol. The van der Waals surface area contributed by atoms with Crippen LogP contribution in [0.1, 0.15) is 96.3 Å². The fraction of sp³-hybridized carbons (Fsp3) is 1.00. The molecule has 0 radical (unpaired) electrons. The van der Waals surface area contributed by atoms with Crippen LogP contribution in [0.25, 0.3) is 0 Å². The maximum atomic E-state index is 9.72. The van der Waals surface area contributed by atoms with Crippen molar-refractivity contribution in [3.8, 4) is 0 Å². The molecular weight excluding hydrogens is 247 g/mol. The first-order chi connectivity index (χ1) is 9.82. The van der Waals surface area contributed by atoms with Crippen molar-refractivity contribution in [1.29, 1.82) is 1.28 Å². The molecule has 3 fully saturated rings. The smallest absolute Gasteiger partial charge is 0.0530 e. The summed E-state index contributed by atoms with van der Waals surface area (Å²) in [7, 11) is -1.45. The van der Waals surface area contributed by atoms with Gasteiger partial charge in [0.1, 0.15) is 0 Å². The summed E-state index contributed by atoms with van der Waals surface area (Å²) in [6.07, 6.45) is 21.5. The summed E-state index contributed by atoms with van der Waals surface area (Å²) in [6, 6.07) is 0. The van der Waals surface area contributed by atoms with Gasteiger partial charge in [0.25, 0.3) is 1.28 Å². The normalized spacial score (nSPS) is 30.2. The van der Waals surface area contributed by atoms with Crippen LogP contribution < -0.4 is 0 Å². The predicted octanol–water partition coefficient (Wildman–Crippen LogP) is 6.20. The fourth-order valence-corrected chi connectivity index (χ4v) is 9.71. The first-order valence-electron chi connectivity index (χ1n) is 9.67. The average molecular weight is 282 g/mol. The average Bonchev–Trinajstić information content (AvgIpc) is 2.56. The molecule has 3 aliphatic carbocycles. The Morgan fingerprint density at radius 1 is 0.474 bits per heavy atom. The molecule has 0 amide bonds. The van der Waals surface area contributed by atoms with E-state index in [4.69, 9.17) is 0 Å². The summed E-state index contributed by atoms with van der Waals surface area (Å²) >= 11 is 0. The van der Waals surface area contributed by atoms with Gasteiger partial charge in [-0.3, -0.25) is 0 Å². The zero-order valence-corrected chi connectivity index (χ0v) is 13.7. The summed E-state index contributed by atoms with van der Waals surface area (Å²) in [5, 5.41) is 0. The fourth-order valence-electron chi connectivity index (χ4n) is 5.03. The van der Waals surface area contributed by atoms with Crippen LogP contribution in [-0.4, -0.2) is 18.3 Å². The van der Waals surface area contributed by atoms with Crippen molar-refractivity contribution in [2.24, 2.45) is 0 Å². The summed E-state index contributed by atoms with van der Waals surface area (Å²) in [5.41, 5.74) is 2.55. The number of hydrogen-bond acceptors (Lipinski definition) is 0. The van der Waals surface area contributed by atoms with E-state index in [1.54, 1.807) is 0 Å². The maximum Gasteiger partial charge on any atom is 0.269 e. The highest BCUT2D eigenvalue weighted by atomic mass is 31.1. The van der Waals surface area contributed by atoms with Crippen molar-refractivity contribution in [2.45, 2.75) is 113 Å². The number of rotatable bonds is 3. The zero-order chi connectivity index (χ0) is 13.8. The zero-order valence-electron chi connectivity index (χ0n) is 13.8. The Kier molecular flexibility index (Phi) is 5.14. The molecule has 0 spiro atoms. The minimum Gasteiger partial charge on any atom is -0.0530 e. The van der Waals surface area contributed by atoms with Crippen molar-refractivity contribution in [3.05, 3.63) is 0 Å². The molecule has 0 aromatic rings. The molecule has 3 rings (SSSR count). The molecule has 0 atom stereocenters. The van der Waals surface area contributed by atoms with Gasteiger partial charge in [-0.25, -0.2) is 0 Å². The minimum absolute atomic E-state index is 0.849. The quantitative estimate of drug-likeness (QED) is 0.541. The Balaban J connectivity index is 1.79. The van der Waals surface area contributed by atoms with Crippen LogP contribution in [0.15, 0.2) is 0 Å². The van der Waals surface area contributed by atoms with E-state index in [2.05, 4.69) is 0 Å². The second-order valence-corrected chi connectivity index (χ2v) is 10.4. The van der Waals surface area contributed by atoms with Crippen LogP contribution >= 0.6 is 7.87 Å². The Morgan fingerprint density at radius 3 is 1.00 bits per heavy atom. The molecule has 0 heterocycles. The summed E-state index contributed by atoms with van der Waals surface area (Å²) in [6.45, 7) is 0. The Labute approximate surface area is 123 Å². The van der Waals surface area contributed by atoms with Crippen molar-refractivity contribution >= 4 is 7.87 Å². The molecule has 0 saturated heterocycles. The van der Waals surface area contributed by atoms with Crippen LogP contribution in [0.3, 0.4) is 0 Å². The van der Waals surface area contributed by atoms with E-state index in [1.165, 1.54) is 96.3 Å². The maximum absolute atomic E-state index is 9.72. The first-order valence-corrected chi connectivity index (χ1v) is 10.8. The van der Waals surface area contributed by atoms with Crippen LogP contribution in [0, 0.1) is 0 Å². The molecule has 0 aromatic carbocycles. The van der Waals surface area contributed by atoms with Crippen molar-refractivity contribution in [1.82, 2.24) is 0 Å². The molecule has 19 heavy (non-hydrogen) atoms. The minimum atomic E-state index is -1.45. The van der Waals surface area contributed by atoms with Gasteiger partial charge in [0.05, 0.1) is 17.0 Å². The lowest BCUT2D eigenvalue weighted by molar-refractivity contribution is 0.460. The van der Waals surface area contributed by atoms with E-state index in [0.29, 0.717) is 0 Å². The molecule has 0 aromatic heterocycles. The van der Waals surface area contributed by atoms with E-state index in [9.17, 15) is 1.28 Å². The van der Waals surface area contributed by atoms with Crippen LogP contribution in [0.5, 0.6) is 0 Å². The molecule has 0 nitrogen and oxygen atoms in total. The molecule has 3 saturated carbocycles. The molecule has 0 aliphatic heterocycles. The third-order valence-corrected chi connectivity index (χ3v) is 10.1. The highest BCUT2D eigenvalue weighted by Crippen LogP contribution is 2.61. The van der Waals surface area contributed by atoms with Gasteiger partial charge >= 0.3 is 0 Å². The molecule has 0 bridgehead atoms. The highest BCUT2D eigenvalue weighted by Gasteiger charge is 2.42. The standard InChI is InChI=1S/C18H33P/c1-4-10-16(11-5-1)19(17-12-6-2-7-13-17)18-14-8-3-9-15-18/h16-18H,1-15H2/p+1/i/hD. The van der Waals surface area contributed by atoms with Crippen LogP contribution in [-0.2, 0) is 0 Å². The van der Waals surface area contributed by atoms with Gasteiger partial charge in [0.15, 0.2) is 0 Å². The van der Waals surface area contributed by atoms with Crippen molar-refractivity contribution in [3.63, 3.8) is 0 Å². The molecule has 1 heteroatoms. The third kappa shape index (κ3) is 3.75. The molecule has 0 N–H and O–H groups in total. The predicted molar refractivity (Wildman–Crippen MR) is 88.9 cm³/mol. The lowest BCUT2D eigenvalue weighted by Crippen LogP contribution is -2.28. The van der Waals surface area contributed by atoms with Gasteiger partial charge in [-0.2, -0.15) is 0 Å². The van der Waals surface area contributed by atoms with Gasteiger partial charge in [-0.15, -0.1) is 0 Å².